The van der Waals surface area contributed by atoms with Gasteiger partial charge in [0, 0.05) is 11.8 Å². The second kappa shape index (κ2) is 10.4. The van der Waals surface area contributed by atoms with Gasteiger partial charge in [-0.25, -0.2) is 0 Å². The number of aliphatic hydroxyl groups is 2. The third-order valence-corrected chi connectivity index (χ3v) is 8.75. The summed E-state index contributed by atoms with van der Waals surface area (Å²) in [4.78, 5) is 13.4. The molecule has 13 heteroatoms. The average Bonchev–Trinajstić information content (AvgIpc) is 3.61. The first kappa shape index (κ1) is 27.5. The highest BCUT2D eigenvalue weighted by Crippen LogP contribution is 2.57. The molecule has 7 rings (SSSR count). The van der Waals surface area contributed by atoms with E-state index in [2.05, 4.69) is 0 Å². The number of methoxy groups -OCH3 is 2. The number of phenolic OH excluding ortho intramolecular Hbond substituents is 1. The molecule has 2 aromatic rings. The molecule has 4 heterocycles. The number of fused-ring (bicyclic) bond motifs is 4. The van der Waals surface area contributed by atoms with Gasteiger partial charge in [-0.15, -0.1) is 0 Å². The van der Waals surface area contributed by atoms with Crippen LogP contribution < -0.4 is 18.9 Å². The number of benzene rings is 2. The number of aliphatic hydroxyl groups excluding tert-OH is 2. The van der Waals surface area contributed by atoms with Crippen LogP contribution in [0.5, 0.6) is 28.7 Å². The molecule has 13 nitrogen and oxygen atoms in total. The van der Waals surface area contributed by atoms with E-state index >= 15 is 0 Å². The molecule has 0 saturated carbocycles. The van der Waals surface area contributed by atoms with Gasteiger partial charge in [0.05, 0.1) is 39.5 Å². The van der Waals surface area contributed by atoms with E-state index in [1.54, 1.807) is 31.2 Å². The van der Waals surface area contributed by atoms with Crippen LogP contribution >= 0.6 is 0 Å². The van der Waals surface area contributed by atoms with Gasteiger partial charge in [-0.2, -0.15) is 0 Å². The van der Waals surface area contributed by atoms with E-state index in [0.717, 1.165) is 0 Å². The van der Waals surface area contributed by atoms with Crippen LogP contribution in [0.15, 0.2) is 24.3 Å². The van der Waals surface area contributed by atoms with E-state index in [9.17, 15) is 20.1 Å². The number of carbonyl (C=O) groups is 1. The monoisotopic (exact) mass is 588 g/mol. The summed E-state index contributed by atoms with van der Waals surface area (Å²) in [5.41, 5.74) is 2.01. The quantitative estimate of drug-likeness (QED) is 0.430. The van der Waals surface area contributed by atoms with Gasteiger partial charge in [0.25, 0.3) is 0 Å². The molecule has 42 heavy (non-hydrogen) atoms. The molecule has 4 aliphatic heterocycles. The number of rotatable bonds is 5. The van der Waals surface area contributed by atoms with Crippen LogP contribution in [0.4, 0.5) is 0 Å². The van der Waals surface area contributed by atoms with Crippen molar-refractivity contribution >= 4 is 5.97 Å². The molecular formula is C29H32O13. The third-order valence-electron chi connectivity index (χ3n) is 8.75. The number of hydrogen-bond acceptors (Lipinski definition) is 13. The summed E-state index contributed by atoms with van der Waals surface area (Å²) < 4.78 is 51.5. The molecule has 0 bridgehead atoms. The van der Waals surface area contributed by atoms with Crippen LogP contribution in [0.25, 0.3) is 0 Å². The zero-order valence-corrected chi connectivity index (χ0v) is 23.1. The van der Waals surface area contributed by atoms with Gasteiger partial charge in [0.2, 0.25) is 12.5 Å². The van der Waals surface area contributed by atoms with Crippen LogP contribution in [-0.4, -0.2) is 92.5 Å². The summed E-state index contributed by atoms with van der Waals surface area (Å²) in [5.74, 6) is -1.02. The number of carbonyl (C=O) groups excluding carboxylic acids is 1. The van der Waals surface area contributed by atoms with E-state index in [4.69, 9.17) is 42.6 Å². The van der Waals surface area contributed by atoms with Crippen molar-refractivity contribution in [2.75, 3.05) is 34.2 Å². The first-order valence-corrected chi connectivity index (χ1v) is 13.8. The summed E-state index contributed by atoms with van der Waals surface area (Å²) in [7, 11) is 2.86. The Bertz CT molecular complexity index is 1350. The lowest BCUT2D eigenvalue weighted by molar-refractivity contribution is -0.364. The van der Waals surface area contributed by atoms with Crippen molar-refractivity contribution in [2.45, 2.75) is 55.9 Å². The largest absolute Gasteiger partial charge is 0.502 e. The topological polar surface area (TPSA) is 161 Å². The first-order chi connectivity index (χ1) is 20.3. The molecule has 0 amide bonds. The second-order valence-electron chi connectivity index (χ2n) is 11.0. The van der Waals surface area contributed by atoms with E-state index in [0.29, 0.717) is 28.2 Å². The zero-order valence-electron chi connectivity index (χ0n) is 23.1. The standard InChI is InChI=1S/C29H32O13/c1-11-36-9-20-27(40-11)24(31)25(32)29(41-20)42-26-14-7-17-16(38-10-39-17)6-13(14)21(22-15(26)8-37-28(22)33)12-4-18(34-2)23(30)19(5-12)35-3/h4-7,11,15,20-22,24-27,29-32H,8-10H2,1-3H3/t11-,15+,20+,21+,22-,24+,25-,26+,27-,29-/m0/s1. The molecule has 0 aromatic heterocycles. The number of esters is 1. The predicted molar refractivity (Wildman–Crippen MR) is 138 cm³/mol. The van der Waals surface area contributed by atoms with Crippen molar-refractivity contribution in [3.8, 4) is 28.7 Å². The zero-order chi connectivity index (χ0) is 29.3. The molecule has 5 aliphatic rings. The Hall–Kier alpha value is -3.33. The van der Waals surface area contributed by atoms with E-state index in [1.165, 1.54) is 14.2 Å². The maximum Gasteiger partial charge on any atom is 0.310 e. The van der Waals surface area contributed by atoms with Crippen LogP contribution in [0.3, 0.4) is 0 Å². The van der Waals surface area contributed by atoms with Crippen molar-refractivity contribution in [1.82, 2.24) is 0 Å². The highest BCUT2D eigenvalue weighted by atomic mass is 16.8. The molecule has 3 fully saturated rings. The van der Waals surface area contributed by atoms with Gasteiger partial charge in [0.15, 0.2) is 35.6 Å². The van der Waals surface area contributed by atoms with Crippen molar-refractivity contribution in [2.24, 2.45) is 11.8 Å². The van der Waals surface area contributed by atoms with Crippen molar-refractivity contribution in [3.63, 3.8) is 0 Å². The molecule has 2 aromatic carbocycles. The smallest absolute Gasteiger partial charge is 0.310 e. The number of ether oxygens (including phenoxy) is 9. The van der Waals surface area contributed by atoms with Gasteiger partial charge >= 0.3 is 5.97 Å². The van der Waals surface area contributed by atoms with E-state index < -0.39 is 66.8 Å². The molecular weight excluding hydrogens is 556 g/mol. The lowest BCUT2D eigenvalue weighted by Crippen LogP contribution is -2.63. The van der Waals surface area contributed by atoms with Gasteiger partial charge in [-0.1, -0.05) is 0 Å². The Labute approximate surface area is 240 Å². The first-order valence-electron chi connectivity index (χ1n) is 13.8. The van der Waals surface area contributed by atoms with Gasteiger partial charge in [-0.3, -0.25) is 4.79 Å². The minimum absolute atomic E-state index is 0.0301. The summed E-state index contributed by atoms with van der Waals surface area (Å²) in [6.07, 6.45) is -6.80. The van der Waals surface area contributed by atoms with E-state index in [1.807, 2.05) is 0 Å². The molecule has 1 aliphatic carbocycles. The molecule has 10 atom stereocenters. The predicted octanol–water partition coefficient (Wildman–Crippen LogP) is 1.34. The summed E-state index contributed by atoms with van der Waals surface area (Å²) in [6, 6.07) is 6.93. The number of phenols is 1. The highest BCUT2D eigenvalue weighted by molar-refractivity contribution is 5.79. The van der Waals surface area contributed by atoms with Crippen LogP contribution in [-0.2, 0) is 28.5 Å². The second-order valence-corrected chi connectivity index (χ2v) is 11.0. The molecule has 3 saturated heterocycles. The molecule has 3 N–H and O–H groups in total. The van der Waals surface area contributed by atoms with E-state index in [-0.39, 0.29) is 37.3 Å². The normalized spacial score (nSPS) is 36.5. The minimum Gasteiger partial charge on any atom is -0.502 e. The van der Waals surface area contributed by atoms with Crippen molar-refractivity contribution in [1.29, 1.82) is 0 Å². The van der Waals surface area contributed by atoms with Crippen molar-refractivity contribution < 1.29 is 62.7 Å². The molecule has 0 radical (unpaired) electrons. The third kappa shape index (κ3) is 4.26. The number of aromatic hydroxyl groups is 1. The molecule has 226 valence electrons. The Balaban J connectivity index is 1.32. The van der Waals surface area contributed by atoms with Crippen LogP contribution in [0.2, 0.25) is 0 Å². The summed E-state index contributed by atoms with van der Waals surface area (Å²) in [5, 5.41) is 32.5. The van der Waals surface area contributed by atoms with Gasteiger partial charge in [0.1, 0.15) is 24.4 Å². The lowest BCUT2D eigenvalue weighted by Gasteiger charge is -2.47. The maximum absolute atomic E-state index is 13.4. The Morgan fingerprint density at radius 1 is 0.881 bits per heavy atom. The van der Waals surface area contributed by atoms with Gasteiger partial charge < -0.3 is 58.0 Å². The Morgan fingerprint density at radius 2 is 1.57 bits per heavy atom. The number of cyclic esters (lactones) is 1. The summed E-state index contributed by atoms with van der Waals surface area (Å²) in [6.45, 7) is 1.93. The Morgan fingerprint density at radius 3 is 2.26 bits per heavy atom. The van der Waals surface area contributed by atoms with Crippen LogP contribution in [0, 0.1) is 11.8 Å². The molecule has 0 spiro atoms. The summed E-state index contributed by atoms with van der Waals surface area (Å²) >= 11 is 0. The van der Waals surface area contributed by atoms with Crippen LogP contribution in [0.1, 0.15) is 35.6 Å². The Kier molecular flexibility index (Phi) is 6.83. The SMILES string of the molecule is COc1cc([C@@H]2c3cc4c(cc3[C@@H](O[C@@H]3O[C@@H]5CO[C@H](C)O[C@@H]5[C@H](O)[C@@H]3O)[C@@H]3COC(=O)[C@H]23)OCO4)cc(OC)c1O. The average molecular weight is 589 g/mol. The fraction of sp³-hybridized carbons (Fsp3) is 0.552. The fourth-order valence-corrected chi connectivity index (χ4v) is 6.74. The van der Waals surface area contributed by atoms with Gasteiger partial charge in [-0.05, 0) is 47.9 Å². The lowest BCUT2D eigenvalue weighted by atomic mass is 9.66. The number of hydrogen-bond donors (Lipinski definition) is 3. The highest BCUT2D eigenvalue weighted by Gasteiger charge is 2.56. The molecule has 0 unspecified atom stereocenters. The fourth-order valence-electron chi connectivity index (χ4n) is 6.74. The van der Waals surface area contributed by atoms with Crippen molar-refractivity contribution in [3.05, 3.63) is 41.0 Å². The minimum atomic E-state index is -1.44. The maximum atomic E-state index is 13.4.